The van der Waals surface area contributed by atoms with E-state index in [0.717, 1.165) is 39.0 Å². The lowest BCUT2D eigenvalue weighted by atomic mass is 9.95. The Balaban J connectivity index is 1.24. The van der Waals surface area contributed by atoms with Crippen LogP contribution in [0, 0.1) is 0 Å². The van der Waals surface area contributed by atoms with Gasteiger partial charge in [-0.15, -0.1) is 0 Å². The van der Waals surface area contributed by atoms with E-state index in [1.54, 1.807) is 0 Å². The van der Waals surface area contributed by atoms with Crippen molar-refractivity contribution in [1.29, 1.82) is 0 Å². The third-order valence-corrected chi connectivity index (χ3v) is 10.0. The lowest BCUT2D eigenvalue weighted by Gasteiger charge is -2.26. The van der Waals surface area contributed by atoms with Crippen molar-refractivity contribution in [3.8, 4) is 22.3 Å². The Kier molecular flexibility index (Phi) is 6.53. The van der Waals surface area contributed by atoms with Crippen LogP contribution in [0.2, 0.25) is 0 Å². The number of anilines is 3. The van der Waals surface area contributed by atoms with Gasteiger partial charge in [0, 0.05) is 22.1 Å². The molecule has 0 spiro atoms. The predicted molar refractivity (Wildman–Crippen MR) is 212 cm³/mol. The zero-order valence-electron chi connectivity index (χ0n) is 27.3. The summed E-state index contributed by atoms with van der Waals surface area (Å²) in [5.74, 6) is 0. The van der Waals surface area contributed by atoms with Crippen LogP contribution in [0.3, 0.4) is 0 Å². The second-order valence-corrected chi connectivity index (χ2v) is 12.9. The molecular weight excluding hydrogens is 607 g/mol. The number of hydrogen-bond donors (Lipinski definition) is 0. The lowest BCUT2D eigenvalue weighted by Crippen LogP contribution is -2.10. The first kappa shape index (κ1) is 28.4. The van der Waals surface area contributed by atoms with Gasteiger partial charge in [0.05, 0.1) is 5.69 Å². The highest BCUT2D eigenvalue weighted by atomic mass is 16.3. The van der Waals surface area contributed by atoms with Crippen LogP contribution >= 0.6 is 0 Å². The smallest absolute Gasteiger partial charge is 0.159 e. The molecule has 0 aliphatic rings. The zero-order chi connectivity index (χ0) is 33.0. The molecule has 10 rings (SSSR count). The monoisotopic (exact) mass is 637 g/mol. The molecule has 0 saturated carbocycles. The molecule has 9 aromatic carbocycles. The number of para-hydroxylation sites is 1. The number of furan rings is 1. The van der Waals surface area contributed by atoms with Crippen molar-refractivity contribution < 1.29 is 4.42 Å². The van der Waals surface area contributed by atoms with E-state index in [1.165, 1.54) is 54.6 Å². The van der Waals surface area contributed by atoms with E-state index in [2.05, 4.69) is 193 Å². The maximum Gasteiger partial charge on any atom is 0.159 e. The van der Waals surface area contributed by atoms with Gasteiger partial charge < -0.3 is 9.32 Å². The second-order valence-electron chi connectivity index (χ2n) is 12.9. The molecule has 10 aromatic rings. The minimum absolute atomic E-state index is 0.864. The van der Waals surface area contributed by atoms with Gasteiger partial charge in [-0.25, -0.2) is 0 Å². The van der Waals surface area contributed by atoms with E-state index in [9.17, 15) is 0 Å². The van der Waals surface area contributed by atoms with E-state index in [1.807, 2.05) is 0 Å². The Morgan fingerprint density at radius 2 is 0.940 bits per heavy atom. The van der Waals surface area contributed by atoms with Gasteiger partial charge in [0.2, 0.25) is 0 Å². The van der Waals surface area contributed by atoms with Crippen molar-refractivity contribution in [2.45, 2.75) is 0 Å². The molecule has 2 heteroatoms. The summed E-state index contributed by atoms with van der Waals surface area (Å²) in [6, 6.07) is 67.3. The molecule has 0 fully saturated rings. The van der Waals surface area contributed by atoms with Gasteiger partial charge in [-0.1, -0.05) is 152 Å². The maximum atomic E-state index is 6.99. The predicted octanol–water partition coefficient (Wildman–Crippen LogP) is 13.8. The maximum absolute atomic E-state index is 6.99. The zero-order valence-corrected chi connectivity index (χ0v) is 27.3. The Morgan fingerprint density at radius 1 is 0.360 bits per heavy atom. The van der Waals surface area contributed by atoms with Crippen LogP contribution in [0.15, 0.2) is 192 Å². The summed E-state index contributed by atoms with van der Waals surface area (Å²) >= 11 is 0. The van der Waals surface area contributed by atoms with Crippen LogP contribution in [0.5, 0.6) is 0 Å². The first-order chi connectivity index (χ1) is 24.8. The molecule has 2 nitrogen and oxygen atoms in total. The fourth-order valence-electron chi connectivity index (χ4n) is 7.67. The van der Waals surface area contributed by atoms with Crippen molar-refractivity contribution in [2.24, 2.45) is 0 Å². The highest BCUT2D eigenvalue weighted by Crippen LogP contribution is 2.46. The van der Waals surface area contributed by atoms with E-state index >= 15 is 0 Å². The van der Waals surface area contributed by atoms with E-state index in [-0.39, 0.29) is 0 Å². The van der Waals surface area contributed by atoms with Crippen LogP contribution in [-0.4, -0.2) is 0 Å². The molecule has 0 amide bonds. The van der Waals surface area contributed by atoms with Gasteiger partial charge in [-0.3, -0.25) is 0 Å². The number of rotatable bonds is 5. The molecular formula is C48H31NO. The molecule has 1 heterocycles. The standard InChI is InChI=1S/C48H31NO/c1-3-12-32(13-4-1)33-24-27-37(28-25-33)49(38-29-26-36-23-22-35-16-7-8-17-39(35)43(36)30-38)45-21-11-20-42-47-41-19-10-9-18-40(41)44(31-46(47)50-48(42)45)34-14-5-2-6-15-34/h1-31H. The first-order valence-corrected chi connectivity index (χ1v) is 17.1. The molecule has 0 aliphatic carbocycles. The Hall–Kier alpha value is -6.64. The number of hydrogen-bond acceptors (Lipinski definition) is 2. The normalized spacial score (nSPS) is 11.6. The summed E-state index contributed by atoms with van der Waals surface area (Å²) in [5.41, 5.74) is 9.60. The number of fused-ring (bicyclic) bond motifs is 8. The molecule has 50 heavy (non-hydrogen) atoms. The van der Waals surface area contributed by atoms with Gasteiger partial charge in [0.25, 0.3) is 0 Å². The third kappa shape index (κ3) is 4.57. The summed E-state index contributed by atoms with van der Waals surface area (Å²) in [7, 11) is 0. The van der Waals surface area contributed by atoms with Crippen molar-refractivity contribution in [2.75, 3.05) is 4.90 Å². The van der Waals surface area contributed by atoms with Crippen molar-refractivity contribution in [1.82, 2.24) is 0 Å². The molecule has 0 N–H and O–H groups in total. The van der Waals surface area contributed by atoms with Gasteiger partial charge in [-0.05, 0) is 91.0 Å². The van der Waals surface area contributed by atoms with Gasteiger partial charge in [0.15, 0.2) is 5.58 Å². The summed E-state index contributed by atoms with van der Waals surface area (Å²) < 4.78 is 6.99. The summed E-state index contributed by atoms with van der Waals surface area (Å²) in [5, 5.41) is 9.57. The summed E-state index contributed by atoms with van der Waals surface area (Å²) in [6.45, 7) is 0. The van der Waals surface area contributed by atoms with Crippen LogP contribution in [0.4, 0.5) is 17.1 Å². The quantitative estimate of drug-likeness (QED) is 0.175. The largest absolute Gasteiger partial charge is 0.454 e. The van der Waals surface area contributed by atoms with Gasteiger partial charge >= 0.3 is 0 Å². The number of benzene rings is 9. The summed E-state index contributed by atoms with van der Waals surface area (Å²) in [4.78, 5) is 2.35. The van der Waals surface area contributed by atoms with E-state index < -0.39 is 0 Å². The molecule has 234 valence electrons. The molecule has 0 saturated heterocycles. The van der Waals surface area contributed by atoms with Crippen LogP contribution in [0.25, 0.3) is 76.5 Å². The second kappa shape index (κ2) is 11.5. The molecule has 0 unspecified atom stereocenters. The molecule has 0 atom stereocenters. The van der Waals surface area contributed by atoms with Crippen LogP contribution in [0.1, 0.15) is 0 Å². The highest BCUT2D eigenvalue weighted by molar-refractivity contribution is 6.23. The minimum Gasteiger partial charge on any atom is -0.454 e. The molecule has 0 bridgehead atoms. The average molecular weight is 638 g/mol. The van der Waals surface area contributed by atoms with Crippen molar-refractivity contribution in [3.63, 3.8) is 0 Å². The number of nitrogens with zero attached hydrogens (tertiary/aromatic N) is 1. The van der Waals surface area contributed by atoms with Crippen LogP contribution in [-0.2, 0) is 0 Å². The topological polar surface area (TPSA) is 16.4 Å². The van der Waals surface area contributed by atoms with E-state index in [0.29, 0.717) is 0 Å². The van der Waals surface area contributed by atoms with Gasteiger partial charge in [-0.2, -0.15) is 0 Å². The van der Waals surface area contributed by atoms with Crippen molar-refractivity contribution in [3.05, 3.63) is 188 Å². The average Bonchev–Trinajstić information content (AvgIpc) is 3.58. The molecule has 0 aliphatic heterocycles. The third-order valence-electron chi connectivity index (χ3n) is 10.0. The Labute approximate surface area is 290 Å². The lowest BCUT2D eigenvalue weighted by molar-refractivity contribution is 0.669. The Morgan fingerprint density at radius 3 is 1.72 bits per heavy atom. The fraction of sp³-hybridized carbons (Fsp3) is 0. The first-order valence-electron chi connectivity index (χ1n) is 17.1. The fourth-order valence-corrected chi connectivity index (χ4v) is 7.67. The SMILES string of the molecule is c1ccc(-c2ccc(N(c3ccc4ccc5ccccc5c4c3)c3cccc4c3oc3cc(-c5ccccc5)c5ccccc5c34)cc2)cc1. The molecule has 0 radical (unpaired) electrons. The van der Waals surface area contributed by atoms with Crippen LogP contribution < -0.4 is 4.90 Å². The highest BCUT2D eigenvalue weighted by Gasteiger charge is 2.22. The van der Waals surface area contributed by atoms with Gasteiger partial charge in [0.1, 0.15) is 5.58 Å². The van der Waals surface area contributed by atoms with Crippen molar-refractivity contribution >= 4 is 71.3 Å². The Bertz CT molecular complexity index is 2850. The summed E-state index contributed by atoms with van der Waals surface area (Å²) in [6.07, 6.45) is 0. The minimum atomic E-state index is 0.864. The van der Waals surface area contributed by atoms with E-state index in [4.69, 9.17) is 4.42 Å². The molecule has 1 aromatic heterocycles.